The van der Waals surface area contributed by atoms with Crippen LogP contribution in [0.4, 0.5) is 0 Å². The van der Waals surface area contributed by atoms with Crippen LogP contribution < -0.4 is 5.73 Å². The van der Waals surface area contributed by atoms with E-state index in [9.17, 15) is 0 Å². The molecule has 1 aromatic rings. The Labute approximate surface area is 102 Å². The van der Waals surface area contributed by atoms with Gasteiger partial charge in [-0.25, -0.2) is 0 Å². The van der Waals surface area contributed by atoms with Gasteiger partial charge >= 0.3 is 0 Å². The van der Waals surface area contributed by atoms with Crippen LogP contribution in [0.3, 0.4) is 0 Å². The third-order valence-corrected chi connectivity index (χ3v) is 4.50. The number of hydrogen-bond acceptors (Lipinski definition) is 3. The van der Waals surface area contributed by atoms with E-state index >= 15 is 0 Å². The number of rotatable bonds is 4. The lowest BCUT2D eigenvalue weighted by atomic mass is 9.70. The van der Waals surface area contributed by atoms with Gasteiger partial charge < -0.3 is 10.5 Å². The molecule has 2 fully saturated rings. The molecule has 2 aliphatic heterocycles. The second kappa shape index (κ2) is 4.10. The monoisotopic (exact) mass is 235 g/mol. The van der Waals surface area contributed by atoms with Crippen LogP contribution in [0.15, 0.2) is 12.4 Å². The standard InChI is InChI=1S/C13H21N3O/c1-16-8-10(7-15-16)4-5-13(9-14)6-11-2-3-12(13)17-11/h7-8,11-12H,2-6,9,14H2,1H3. The highest BCUT2D eigenvalue weighted by molar-refractivity contribution is 5.08. The molecule has 2 saturated heterocycles. The second-order valence-corrected chi connectivity index (χ2v) is 5.62. The maximum Gasteiger partial charge on any atom is 0.0649 e. The molecule has 3 atom stereocenters. The molecule has 4 heteroatoms. The van der Waals surface area contributed by atoms with Crippen LogP contribution in [0, 0.1) is 5.41 Å². The minimum Gasteiger partial charge on any atom is -0.374 e. The first-order valence-electron chi connectivity index (χ1n) is 6.55. The van der Waals surface area contributed by atoms with Gasteiger partial charge in [-0.3, -0.25) is 4.68 Å². The molecule has 4 nitrogen and oxygen atoms in total. The predicted octanol–water partition coefficient (Wildman–Crippen LogP) is 1.25. The van der Waals surface area contributed by atoms with Crippen molar-refractivity contribution in [3.8, 4) is 0 Å². The van der Waals surface area contributed by atoms with Crippen molar-refractivity contribution in [2.45, 2.75) is 44.3 Å². The molecule has 94 valence electrons. The van der Waals surface area contributed by atoms with Gasteiger partial charge in [0.15, 0.2) is 0 Å². The Hall–Kier alpha value is -0.870. The normalized spacial score (nSPS) is 35.6. The number of nitrogens with zero attached hydrogens (tertiary/aromatic N) is 2. The second-order valence-electron chi connectivity index (χ2n) is 5.62. The summed E-state index contributed by atoms with van der Waals surface area (Å²) in [5.41, 5.74) is 7.57. The summed E-state index contributed by atoms with van der Waals surface area (Å²) in [5.74, 6) is 0. The molecule has 1 aromatic heterocycles. The third kappa shape index (κ3) is 1.89. The molecule has 0 amide bonds. The summed E-state index contributed by atoms with van der Waals surface area (Å²) in [6.45, 7) is 0.758. The van der Waals surface area contributed by atoms with Gasteiger partial charge in [0.2, 0.25) is 0 Å². The quantitative estimate of drug-likeness (QED) is 0.854. The van der Waals surface area contributed by atoms with Crippen LogP contribution in [-0.2, 0) is 18.2 Å². The van der Waals surface area contributed by atoms with Crippen molar-refractivity contribution in [2.75, 3.05) is 6.54 Å². The van der Waals surface area contributed by atoms with E-state index in [2.05, 4.69) is 11.3 Å². The highest BCUT2D eigenvalue weighted by atomic mass is 16.5. The summed E-state index contributed by atoms with van der Waals surface area (Å²) in [6.07, 6.45) is 10.7. The summed E-state index contributed by atoms with van der Waals surface area (Å²) < 4.78 is 7.83. The van der Waals surface area contributed by atoms with E-state index < -0.39 is 0 Å². The molecule has 0 saturated carbocycles. The fraction of sp³-hybridized carbons (Fsp3) is 0.769. The Morgan fingerprint density at radius 2 is 2.47 bits per heavy atom. The lowest BCUT2D eigenvalue weighted by Gasteiger charge is -2.34. The van der Waals surface area contributed by atoms with E-state index in [0.717, 1.165) is 25.8 Å². The highest BCUT2D eigenvalue weighted by Crippen LogP contribution is 2.49. The Morgan fingerprint density at radius 3 is 3.00 bits per heavy atom. The topological polar surface area (TPSA) is 53.1 Å². The van der Waals surface area contributed by atoms with Crippen LogP contribution >= 0.6 is 0 Å². The Bertz CT molecular complexity index is 403. The average molecular weight is 235 g/mol. The fourth-order valence-electron chi connectivity index (χ4n) is 3.47. The summed E-state index contributed by atoms with van der Waals surface area (Å²) in [6, 6.07) is 0. The molecule has 3 unspecified atom stereocenters. The molecule has 0 aromatic carbocycles. The highest BCUT2D eigenvalue weighted by Gasteiger charge is 2.50. The molecule has 3 rings (SSSR count). The Balaban J connectivity index is 1.67. The molecule has 17 heavy (non-hydrogen) atoms. The average Bonchev–Trinajstić information content (AvgIpc) is 3.01. The third-order valence-electron chi connectivity index (χ3n) is 4.50. The maximum absolute atomic E-state index is 6.02. The Morgan fingerprint density at radius 1 is 1.59 bits per heavy atom. The molecule has 0 aliphatic carbocycles. The van der Waals surface area contributed by atoms with Crippen LogP contribution in [0.25, 0.3) is 0 Å². The van der Waals surface area contributed by atoms with Crippen LogP contribution in [0.2, 0.25) is 0 Å². The van der Waals surface area contributed by atoms with Crippen molar-refractivity contribution in [2.24, 2.45) is 18.2 Å². The smallest absolute Gasteiger partial charge is 0.0649 e. The van der Waals surface area contributed by atoms with Gasteiger partial charge in [-0.05, 0) is 37.7 Å². The molecular formula is C13H21N3O. The summed E-state index contributed by atoms with van der Waals surface area (Å²) in [7, 11) is 1.96. The lowest BCUT2D eigenvalue weighted by Crippen LogP contribution is -2.40. The Kier molecular flexibility index (Phi) is 2.71. The van der Waals surface area contributed by atoms with Crippen molar-refractivity contribution < 1.29 is 4.74 Å². The minimum atomic E-state index is 0.235. The molecule has 2 aliphatic rings. The van der Waals surface area contributed by atoms with Gasteiger partial charge in [0, 0.05) is 25.2 Å². The summed E-state index contributed by atoms with van der Waals surface area (Å²) in [4.78, 5) is 0. The van der Waals surface area contributed by atoms with Crippen molar-refractivity contribution in [3.63, 3.8) is 0 Å². The number of ether oxygens (including phenoxy) is 1. The van der Waals surface area contributed by atoms with Gasteiger partial charge in [-0.1, -0.05) is 0 Å². The van der Waals surface area contributed by atoms with E-state index in [1.54, 1.807) is 0 Å². The maximum atomic E-state index is 6.02. The first-order valence-corrected chi connectivity index (χ1v) is 6.55. The van der Waals surface area contributed by atoms with Crippen LogP contribution in [0.1, 0.15) is 31.2 Å². The minimum absolute atomic E-state index is 0.235. The largest absolute Gasteiger partial charge is 0.374 e. The van der Waals surface area contributed by atoms with E-state index in [1.165, 1.54) is 18.4 Å². The van der Waals surface area contributed by atoms with Gasteiger partial charge in [-0.15, -0.1) is 0 Å². The number of aromatic nitrogens is 2. The van der Waals surface area contributed by atoms with Crippen LogP contribution in [-0.4, -0.2) is 28.5 Å². The summed E-state index contributed by atoms with van der Waals surface area (Å²) in [5, 5.41) is 4.21. The first-order chi connectivity index (χ1) is 8.22. The van der Waals surface area contributed by atoms with E-state index in [1.807, 2.05) is 17.9 Å². The van der Waals surface area contributed by atoms with E-state index in [0.29, 0.717) is 12.2 Å². The van der Waals surface area contributed by atoms with E-state index in [-0.39, 0.29) is 5.41 Å². The van der Waals surface area contributed by atoms with Gasteiger partial charge in [-0.2, -0.15) is 5.10 Å². The number of hydrogen-bond donors (Lipinski definition) is 1. The zero-order valence-corrected chi connectivity index (χ0v) is 10.4. The zero-order chi connectivity index (χ0) is 11.9. The molecule has 2 bridgehead atoms. The van der Waals surface area contributed by atoms with Crippen molar-refractivity contribution in [1.29, 1.82) is 0 Å². The van der Waals surface area contributed by atoms with Crippen LogP contribution in [0.5, 0.6) is 0 Å². The van der Waals surface area contributed by atoms with Gasteiger partial charge in [0.25, 0.3) is 0 Å². The molecule has 2 N–H and O–H groups in total. The number of fused-ring (bicyclic) bond motifs is 2. The SMILES string of the molecule is Cn1cc(CCC2(CN)CC3CCC2O3)cn1. The lowest BCUT2D eigenvalue weighted by molar-refractivity contribution is 0.0600. The van der Waals surface area contributed by atoms with Crippen molar-refractivity contribution in [1.82, 2.24) is 9.78 Å². The predicted molar refractivity (Wildman–Crippen MR) is 65.5 cm³/mol. The van der Waals surface area contributed by atoms with E-state index in [4.69, 9.17) is 10.5 Å². The molecule has 3 heterocycles. The number of nitrogens with two attached hydrogens (primary N) is 1. The fourth-order valence-corrected chi connectivity index (χ4v) is 3.47. The zero-order valence-electron chi connectivity index (χ0n) is 10.4. The van der Waals surface area contributed by atoms with Crippen molar-refractivity contribution >= 4 is 0 Å². The van der Waals surface area contributed by atoms with Crippen molar-refractivity contribution in [3.05, 3.63) is 18.0 Å². The van der Waals surface area contributed by atoms with Gasteiger partial charge in [0.1, 0.15) is 0 Å². The molecule has 0 spiro atoms. The van der Waals surface area contributed by atoms with Gasteiger partial charge in [0.05, 0.1) is 18.4 Å². The molecule has 0 radical (unpaired) electrons. The number of aryl methyl sites for hydroxylation is 2. The molecular weight excluding hydrogens is 214 g/mol. The first kappa shape index (κ1) is 11.2. The summed E-state index contributed by atoms with van der Waals surface area (Å²) >= 11 is 0.